The Morgan fingerprint density at radius 3 is 2.47 bits per heavy atom. The molecular formula is C24H32N3O2S+. The molecule has 1 atom stereocenters. The number of nitrogens with zero attached hydrogens (tertiary/aromatic N) is 3. The number of benzene rings is 1. The zero-order valence-corrected chi connectivity index (χ0v) is 18.5. The highest BCUT2D eigenvalue weighted by Crippen LogP contribution is 2.21. The Hall–Kier alpha value is -2.31. The summed E-state index contributed by atoms with van der Waals surface area (Å²) in [5, 5.41) is 9.69. The van der Waals surface area contributed by atoms with Crippen LogP contribution in [0.5, 0.6) is 0 Å². The molecule has 1 unspecified atom stereocenters. The van der Waals surface area contributed by atoms with Crippen LogP contribution in [0.4, 0.5) is 5.69 Å². The normalized spacial score (nSPS) is 16.4. The summed E-state index contributed by atoms with van der Waals surface area (Å²) in [6.45, 7) is 3.12. The van der Waals surface area contributed by atoms with Gasteiger partial charge in [-0.1, -0.05) is 24.3 Å². The number of aliphatic hydroxyl groups is 1. The van der Waals surface area contributed by atoms with Crippen molar-refractivity contribution < 1.29 is 14.5 Å². The number of anilines is 1. The van der Waals surface area contributed by atoms with E-state index in [-0.39, 0.29) is 12.0 Å². The van der Waals surface area contributed by atoms with E-state index in [0.29, 0.717) is 13.0 Å². The molecule has 30 heavy (non-hydrogen) atoms. The van der Waals surface area contributed by atoms with Crippen molar-refractivity contribution in [2.24, 2.45) is 0 Å². The van der Waals surface area contributed by atoms with Crippen molar-refractivity contribution in [1.82, 2.24) is 4.90 Å². The largest absolute Gasteiger partial charge is 0.391 e. The Balaban J connectivity index is 1.49. The van der Waals surface area contributed by atoms with Crippen LogP contribution in [0.25, 0.3) is 12.2 Å². The highest BCUT2D eigenvalue weighted by Gasteiger charge is 2.19. The second kappa shape index (κ2) is 11.2. The Morgan fingerprint density at radius 2 is 1.87 bits per heavy atom. The lowest BCUT2D eigenvalue weighted by atomic mass is 10.1. The van der Waals surface area contributed by atoms with Crippen LogP contribution < -0.4 is 9.47 Å². The average Bonchev–Trinajstić information content (AvgIpc) is 3.21. The maximum atomic E-state index is 12.0. The molecule has 1 N–H and O–H groups in total. The third kappa shape index (κ3) is 6.61. The molecular weight excluding hydrogens is 394 g/mol. The number of carbonyl (C=O) groups is 1. The second-order valence-corrected chi connectivity index (χ2v) is 8.27. The number of hydrogen-bond donors (Lipinski definition) is 2. The molecule has 1 fully saturated rings. The minimum Gasteiger partial charge on any atom is -0.391 e. The Kier molecular flexibility index (Phi) is 8.34. The van der Waals surface area contributed by atoms with E-state index >= 15 is 0 Å². The average molecular weight is 427 g/mol. The van der Waals surface area contributed by atoms with Crippen molar-refractivity contribution in [2.45, 2.75) is 31.9 Å². The third-order valence-electron chi connectivity index (χ3n) is 5.47. The summed E-state index contributed by atoms with van der Waals surface area (Å²) >= 11 is 4.16. The smallest absolute Gasteiger partial charge is 0.222 e. The number of carbonyl (C=O) groups excluding carboxylic acids is 1. The van der Waals surface area contributed by atoms with Crippen molar-refractivity contribution in [1.29, 1.82) is 0 Å². The molecule has 0 bridgehead atoms. The fourth-order valence-electron chi connectivity index (χ4n) is 3.51. The Morgan fingerprint density at radius 1 is 1.20 bits per heavy atom. The summed E-state index contributed by atoms with van der Waals surface area (Å²) in [5.74, 6) is 0.923. The number of aromatic nitrogens is 1. The molecule has 160 valence electrons. The van der Waals surface area contributed by atoms with Crippen LogP contribution in [0.1, 0.15) is 30.4 Å². The first-order valence-electron chi connectivity index (χ1n) is 10.6. The van der Waals surface area contributed by atoms with Crippen molar-refractivity contribution in [3.63, 3.8) is 0 Å². The maximum absolute atomic E-state index is 12.0. The minimum absolute atomic E-state index is 0.177. The predicted molar refractivity (Wildman–Crippen MR) is 126 cm³/mol. The fourth-order valence-corrected chi connectivity index (χ4v) is 3.66. The summed E-state index contributed by atoms with van der Waals surface area (Å²) in [6, 6.07) is 12.6. The molecule has 0 saturated carbocycles. The van der Waals surface area contributed by atoms with Crippen LogP contribution in [0.15, 0.2) is 48.8 Å². The molecule has 0 spiro atoms. The van der Waals surface area contributed by atoms with Gasteiger partial charge in [0.05, 0.1) is 12.6 Å². The Labute approximate surface area is 185 Å². The first kappa shape index (κ1) is 22.4. The monoisotopic (exact) mass is 426 g/mol. The molecule has 6 heteroatoms. The summed E-state index contributed by atoms with van der Waals surface area (Å²) < 4.78 is 2.10. The van der Waals surface area contributed by atoms with Gasteiger partial charge in [-0.25, -0.2) is 4.57 Å². The van der Waals surface area contributed by atoms with E-state index in [0.717, 1.165) is 49.4 Å². The molecule has 1 saturated heterocycles. The lowest BCUT2D eigenvalue weighted by molar-refractivity contribution is -0.696. The molecule has 0 aliphatic carbocycles. The SMILES string of the molecule is CN(CC[n+]1ccc(C=Cc2ccc(N3CCC(O)C3)cc2)cc1)C(=O)CCCS. The van der Waals surface area contributed by atoms with Crippen molar-refractivity contribution >= 4 is 36.4 Å². The number of amides is 1. The molecule has 1 aliphatic heterocycles. The summed E-state index contributed by atoms with van der Waals surface area (Å²) in [6.07, 6.45) is 10.3. The van der Waals surface area contributed by atoms with E-state index in [1.54, 1.807) is 4.90 Å². The van der Waals surface area contributed by atoms with Crippen molar-refractivity contribution in [2.75, 3.05) is 37.3 Å². The molecule has 1 amide bonds. The summed E-state index contributed by atoms with van der Waals surface area (Å²) in [4.78, 5) is 16.0. The van der Waals surface area contributed by atoms with Crippen molar-refractivity contribution in [3.8, 4) is 0 Å². The number of hydrogen-bond acceptors (Lipinski definition) is 4. The van der Waals surface area contributed by atoms with Gasteiger partial charge in [-0.3, -0.25) is 4.79 Å². The number of pyridine rings is 1. The number of thiol groups is 1. The van der Waals surface area contributed by atoms with Gasteiger partial charge in [0, 0.05) is 44.4 Å². The molecule has 2 aromatic rings. The summed E-state index contributed by atoms with van der Waals surface area (Å²) in [7, 11) is 1.86. The Bertz CT molecular complexity index is 837. The van der Waals surface area contributed by atoms with E-state index in [9.17, 15) is 9.90 Å². The van der Waals surface area contributed by atoms with Crippen LogP contribution >= 0.6 is 12.6 Å². The van der Waals surface area contributed by atoms with Crippen LogP contribution in [0, 0.1) is 0 Å². The lowest BCUT2D eigenvalue weighted by Crippen LogP contribution is -2.40. The van der Waals surface area contributed by atoms with Gasteiger partial charge in [0.2, 0.25) is 5.91 Å². The quantitative estimate of drug-likeness (QED) is 0.479. The predicted octanol–water partition coefficient (Wildman–Crippen LogP) is 2.88. The zero-order valence-electron chi connectivity index (χ0n) is 17.7. The van der Waals surface area contributed by atoms with Crippen LogP contribution in [-0.2, 0) is 11.3 Å². The minimum atomic E-state index is -0.204. The van der Waals surface area contributed by atoms with E-state index in [2.05, 4.69) is 70.6 Å². The molecule has 1 aromatic carbocycles. The van der Waals surface area contributed by atoms with Gasteiger partial charge in [-0.2, -0.15) is 12.6 Å². The highest BCUT2D eigenvalue weighted by atomic mass is 32.1. The van der Waals surface area contributed by atoms with Gasteiger partial charge in [0.1, 0.15) is 0 Å². The molecule has 1 aromatic heterocycles. The van der Waals surface area contributed by atoms with Gasteiger partial charge >= 0.3 is 0 Å². The maximum Gasteiger partial charge on any atom is 0.222 e. The molecule has 0 radical (unpaired) electrons. The van der Waals surface area contributed by atoms with Gasteiger partial charge in [0.25, 0.3) is 0 Å². The number of rotatable bonds is 9. The van der Waals surface area contributed by atoms with Gasteiger partial charge in [-0.15, -0.1) is 0 Å². The second-order valence-electron chi connectivity index (χ2n) is 7.83. The third-order valence-corrected chi connectivity index (χ3v) is 5.79. The van der Waals surface area contributed by atoms with Gasteiger partial charge < -0.3 is 14.9 Å². The molecule has 1 aliphatic rings. The first-order valence-corrected chi connectivity index (χ1v) is 11.2. The highest BCUT2D eigenvalue weighted by molar-refractivity contribution is 7.80. The standard InChI is InChI=1S/C24H31N3O2S/c1-25(24(29)3-2-18-30)16-17-26-13-10-21(11-14-26)5-4-20-6-8-22(9-7-20)27-15-12-23(28)19-27/h4-11,13-14,23,28H,2-3,12,15-19H2,1H3/p+1. The molecule has 2 heterocycles. The first-order chi connectivity index (χ1) is 14.5. The number of aliphatic hydroxyl groups excluding tert-OH is 1. The number of β-amino-alcohol motifs (C(OH)–C–C–N with tert-alkyl or cyclic N) is 1. The molecule has 5 nitrogen and oxygen atoms in total. The van der Waals surface area contributed by atoms with E-state index in [1.807, 2.05) is 19.4 Å². The van der Waals surface area contributed by atoms with Gasteiger partial charge in [-0.05, 0) is 41.9 Å². The van der Waals surface area contributed by atoms with Crippen LogP contribution in [0.3, 0.4) is 0 Å². The van der Waals surface area contributed by atoms with Gasteiger partial charge in [0.15, 0.2) is 18.9 Å². The fraction of sp³-hybridized carbons (Fsp3) is 0.417. The zero-order chi connectivity index (χ0) is 21.3. The topological polar surface area (TPSA) is 47.7 Å². The van der Waals surface area contributed by atoms with E-state index in [1.165, 1.54) is 5.69 Å². The van der Waals surface area contributed by atoms with Crippen LogP contribution in [-0.4, -0.2) is 54.5 Å². The lowest BCUT2D eigenvalue weighted by Gasteiger charge is -2.17. The van der Waals surface area contributed by atoms with Crippen LogP contribution in [0.2, 0.25) is 0 Å². The summed E-state index contributed by atoms with van der Waals surface area (Å²) in [5.41, 5.74) is 3.45. The van der Waals surface area contributed by atoms with E-state index < -0.39 is 0 Å². The van der Waals surface area contributed by atoms with E-state index in [4.69, 9.17) is 0 Å². The molecule has 3 rings (SSSR count). The van der Waals surface area contributed by atoms with Crippen molar-refractivity contribution in [3.05, 3.63) is 59.9 Å². The number of likely N-dealkylation sites (N-methyl/N-ethyl adjacent to an activating group) is 1.